The molecule has 1 saturated heterocycles. The van der Waals surface area contributed by atoms with Gasteiger partial charge in [-0.05, 0) is 54.7 Å². The van der Waals surface area contributed by atoms with Crippen molar-refractivity contribution in [2.45, 2.75) is 32.7 Å². The molecule has 29 heavy (non-hydrogen) atoms. The largest absolute Gasteiger partial charge is 0.379 e. The topological polar surface area (TPSA) is 81.2 Å². The van der Waals surface area contributed by atoms with Crippen molar-refractivity contribution in [2.24, 2.45) is 0 Å². The number of morpholine rings is 1. The van der Waals surface area contributed by atoms with Crippen molar-refractivity contribution in [1.29, 1.82) is 5.41 Å². The van der Waals surface area contributed by atoms with Crippen molar-refractivity contribution in [3.8, 4) is 0 Å². The number of amides is 1. The molecule has 1 aromatic heterocycles. The Morgan fingerprint density at radius 1 is 1.24 bits per heavy atom. The Balaban J connectivity index is 1.51. The summed E-state index contributed by atoms with van der Waals surface area (Å²) in [7, 11) is 0. The molecule has 4 rings (SSSR count). The Hall–Kier alpha value is -2.70. The van der Waals surface area contributed by atoms with Crippen LogP contribution in [0.5, 0.6) is 0 Å². The second kappa shape index (κ2) is 8.76. The van der Waals surface area contributed by atoms with E-state index in [0.717, 1.165) is 80.3 Å². The standard InChI is InChI=1S/C23H28N4O2/c1-2-18(24)5-3-16-4-6-22-20(12-16)21(23(28)26-22)13-19-11-17(14-25-19)15-27-7-9-29-10-8-27/h4,6,11-14,24-25H,2-3,5,7-10,15H2,1H3,(H,26,28). The van der Waals surface area contributed by atoms with Crippen LogP contribution in [0.1, 0.15) is 42.1 Å². The summed E-state index contributed by atoms with van der Waals surface area (Å²) in [6, 6.07) is 8.21. The number of anilines is 1. The van der Waals surface area contributed by atoms with E-state index in [9.17, 15) is 4.79 Å². The Morgan fingerprint density at radius 2 is 2.07 bits per heavy atom. The molecule has 6 nitrogen and oxygen atoms in total. The molecule has 0 radical (unpaired) electrons. The zero-order chi connectivity index (χ0) is 20.2. The molecule has 3 N–H and O–H groups in total. The molecular formula is C23H28N4O2. The van der Waals surface area contributed by atoms with E-state index in [0.29, 0.717) is 5.57 Å². The maximum absolute atomic E-state index is 12.5. The van der Waals surface area contributed by atoms with E-state index in [1.54, 1.807) is 0 Å². The molecule has 0 bridgehead atoms. The van der Waals surface area contributed by atoms with E-state index in [4.69, 9.17) is 10.1 Å². The molecule has 0 saturated carbocycles. The average molecular weight is 393 g/mol. The van der Waals surface area contributed by atoms with E-state index in [2.05, 4.69) is 27.3 Å². The predicted octanol–water partition coefficient (Wildman–Crippen LogP) is 3.70. The van der Waals surface area contributed by atoms with Crippen molar-refractivity contribution in [2.75, 3.05) is 31.6 Å². The highest BCUT2D eigenvalue weighted by Crippen LogP contribution is 2.34. The number of ether oxygens (including phenoxy) is 1. The lowest BCUT2D eigenvalue weighted by Gasteiger charge is -2.25. The van der Waals surface area contributed by atoms with Crippen molar-refractivity contribution < 1.29 is 9.53 Å². The molecule has 2 aliphatic heterocycles. The first-order valence-electron chi connectivity index (χ1n) is 10.3. The summed E-state index contributed by atoms with van der Waals surface area (Å²) in [4.78, 5) is 18.2. The summed E-state index contributed by atoms with van der Waals surface area (Å²) >= 11 is 0. The molecule has 1 fully saturated rings. The monoisotopic (exact) mass is 392 g/mol. The number of hydrogen-bond acceptors (Lipinski definition) is 4. The number of hydrogen-bond donors (Lipinski definition) is 3. The highest BCUT2D eigenvalue weighted by atomic mass is 16.5. The van der Waals surface area contributed by atoms with Gasteiger partial charge in [-0.25, -0.2) is 0 Å². The van der Waals surface area contributed by atoms with Crippen LogP contribution >= 0.6 is 0 Å². The van der Waals surface area contributed by atoms with Gasteiger partial charge in [-0.3, -0.25) is 9.69 Å². The Bertz CT molecular complexity index is 938. The van der Waals surface area contributed by atoms with Crippen LogP contribution in [0.2, 0.25) is 0 Å². The molecule has 1 aromatic carbocycles. The van der Waals surface area contributed by atoms with Gasteiger partial charge in [0.05, 0.1) is 18.8 Å². The number of benzene rings is 1. The van der Waals surface area contributed by atoms with Crippen LogP contribution in [-0.4, -0.2) is 47.8 Å². The van der Waals surface area contributed by atoms with E-state index in [-0.39, 0.29) is 5.91 Å². The third-order valence-electron chi connectivity index (χ3n) is 5.58. The summed E-state index contributed by atoms with van der Waals surface area (Å²) in [6.07, 6.45) is 6.32. The summed E-state index contributed by atoms with van der Waals surface area (Å²) < 4.78 is 5.41. The molecule has 0 aliphatic carbocycles. The summed E-state index contributed by atoms with van der Waals surface area (Å²) in [6.45, 7) is 6.39. The molecule has 0 spiro atoms. The van der Waals surface area contributed by atoms with Gasteiger partial charge in [0.2, 0.25) is 0 Å². The number of aromatic amines is 1. The number of nitrogens with zero attached hydrogens (tertiary/aromatic N) is 1. The summed E-state index contributed by atoms with van der Waals surface area (Å²) in [5.41, 5.74) is 6.55. The lowest BCUT2D eigenvalue weighted by Crippen LogP contribution is -2.35. The maximum atomic E-state index is 12.5. The molecule has 2 aliphatic rings. The van der Waals surface area contributed by atoms with Gasteiger partial charge in [-0.1, -0.05) is 13.0 Å². The first kappa shape index (κ1) is 19.6. The van der Waals surface area contributed by atoms with Gasteiger partial charge in [-0.15, -0.1) is 0 Å². The normalized spacial score (nSPS) is 18.1. The van der Waals surface area contributed by atoms with Gasteiger partial charge in [0, 0.05) is 48.5 Å². The Morgan fingerprint density at radius 3 is 2.86 bits per heavy atom. The van der Waals surface area contributed by atoms with Crippen molar-refractivity contribution in [1.82, 2.24) is 9.88 Å². The van der Waals surface area contributed by atoms with Crippen LogP contribution in [0.25, 0.3) is 11.6 Å². The fraction of sp³-hybridized carbons (Fsp3) is 0.391. The van der Waals surface area contributed by atoms with Gasteiger partial charge in [0.25, 0.3) is 5.91 Å². The van der Waals surface area contributed by atoms with Crippen molar-refractivity contribution in [3.05, 3.63) is 52.8 Å². The smallest absolute Gasteiger partial charge is 0.256 e. The number of rotatable bonds is 7. The minimum absolute atomic E-state index is 0.0669. The lowest BCUT2D eigenvalue weighted by molar-refractivity contribution is -0.110. The number of carbonyl (C=O) groups is 1. The second-order valence-corrected chi connectivity index (χ2v) is 7.70. The fourth-order valence-electron chi connectivity index (χ4n) is 3.81. The third kappa shape index (κ3) is 4.66. The van der Waals surface area contributed by atoms with Gasteiger partial charge < -0.3 is 20.4 Å². The first-order chi connectivity index (χ1) is 14.1. The van der Waals surface area contributed by atoms with Crippen LogP contribution in [-0.2, 0) is 22.5 Å². The number of carbonyl (C=O) groups excluding carboxylic acids is 1. The number of nitrogens with one attached hydrogen (secondary N) is 3. The summed E-state index contributed by atoms with van der Waals surface area (Å²) in [5, 5.41) is 10.8. The molecule has 2 aromatic rings. The molecule has 0 unspecified atom stereocenters. The van der Waals surface area contributed by atoms with E-state index < -0.39 is 0 Å². The van der Waals surface area contributed by atoms with Gasteiger partial charge >= 0.3 is 0 Å². The van der Waals surface area contributed by atoms with Crippen LogP contribution in [0.4, 0.5) is 5.69 Å². The quantitative estimate of drug-likeness (QED) is 0.496. The van der Waals surface area contributed by atoms with Crippen LogP contribution < -0.4 is 5.32 Å². The predicted molar refractivity (Wildman–Crippen MR) is 116 cm³/mol. The molecule has 3 heterocycles. The third-order valence-corrected chi connectivity index (χ3v) is 5.58. The Labute approximate surface area is 171 Å². The lowest BCUT2D eigenvalue weighted by atomic mass is 9.99. The zero-order valence-corrected chi connectivity index (χ0v) is 16.9. The van der Waals surface area contributed by atoms with E-state index >= 15 is 0 Å². The highest BCUT2D eigenvalue weighted by molar-refractivity contribution is 6.34. The van der Waals surface area contributed by atoms with Gasteiger partial charge in [0.15, 0.2) is 0 Å². The maximum Gasteiger partial charge on any atom is 0.256 e. The number of H-pyrrole nitrogens is 1. The fourth-order valence-corrected chi connectivity index (χ4v) is 3.81. The highest BCUT2D eigenvalue weighted by Gasteiger charge is 2.24. The van der Waals surface area contributed by atoms with Crippen LogP contribution in [0.15, 0.2) is 30.5 Å². The SMILES string of the molecule is CCC(=N)CCc1ccc2c(c1)C(=Cc1cc(CN3CCOCC3)c[nH]1)C(=O)N2. The van der Waals surface area contributed by atoms with Crippen molar-refractivity contribution >= 4 is 29.0 Å². The average Bonchev–Trinajstić information content (AvgIpc) is 3.31. The number of fused-ring (bicyclic) bond motifs is 1. The molecule has 0 atom stereocenters. The summed E-state index contributed by atoms with van der Waals surface area (Å²) in [5.74, 6) is -0.0669. The zero-order valence-electron chi connectivity index (χ0n) is 16.9. The molecule has 1 amide bonds. The molecule has 152 valence electrons. The Kier molecular flexibility index (Phi) is 5.92. The molecule has 6 heteroatoms. The second-order valence-electron chi connectivity index (χ2n) is 7.70. The number of aromatic nitrogens is 1. The van der Waals surface area contributed by atoms with Gasteiger partial charge in [0.1, 0.15) is 0 Å². The minimum atomic E-state index is -0.0669. The minimum Gasteiger partial charge on any atom is -0.379 e. The van der Waals surface area contributed by atoms with Crippen molar-refractivity contribution in [3.63, 3.8) is 0 Å². The number of aryl methyl sites for hydroxylation is 1. The van der Waals surface area contributed by atoms with Gasteiger partial charge in [-0.2, -0.15) is 0 Å². The molecular weight excluding hydrogens is 364 g/mol. The first-order valence-corrected chi connectivity index (χ1v) is 10.3. The van der Waals surface area contributed by atoms with E-state index in [1.807, 2.05) is 31.3 Å². The van der Waals surface area contributed by atoms with Crippen LogP contribution in [0.3, 0.4) is 0 Å². The van der Waals surface area contributed by atoms with E-state index in [1.165, 1.54) is 5.56 Å². The van der Waals surface area contributed by atoms with Crippen LogP contribution in [0, 0.1) is 5.41 Å².